The summed E-state index contributed by atoms with van der Waals surface area (Å²) in [7, 11) is 0. The molecule has 1 fully saturated rings. The molecule has 0 radical (unpaired) electrons. The number of nitrogens with zero attached hydrogens (tertiary/aromatic N) is 6. The van der Waals surface area contributed by atoms with Gasteiger partial charge in [-0.25, -0.2) is 4.98 Å². The molecule has 0 bridgehead atoms. The molecular formula is C29H23ClN8O. The maximum Gasteiger partial charge on any atom is 0.252 e. The number of fused-ring (bicyclic) bond motifs is 4. The standard InChI is InChI=1S/C29H23ClN8O/c1-15-2-3-16-8-17(4-6-23(16)33-15)24-13-31-29(34-24)28-22-12-21(22)26-9-18(10-27(39)38(26)28)20-11-19(30)5-7-25(20)37-14-32-35-36-37/h4-11,13-14,21-22,28,33H,1-3,12H2,(H,31,34). The number of pyridine rings is 1. The fraction of sp³-hybridized carbons (Fsp3) is 0.207. The molecule has 2 aromatic carbocycles. The molecule has 0 saturated heterocycles. The average molecular weight is 535 g/mol. The van der Waals surface area contributed by atoms with Gasteiger partial charge in [-0.1, -0.05) is 24.2 Å². The van der Waals surface area contributed by atoms with E-state index in [0.717, 1.165) is 70.2 Å². The van der Waals surface area contributed by atoms with Crippen LogP contribution in [0.25, 0.3) is 28.1 Å². The molecule has 10 heteroatoms. The second kappa shape index (κ2) is 8.25. The minimum absolute atomic E-state index is 0.0552. The molecule has 5 aromatic rings. The van der Waals surface area contributed by atoms with E-state index in [9.17, 15) is 4.79 Å². The monoisotopic (exact) mass is 534 g/mol. The van der Waals surface area contributed by atoms with Crippen LogP contribution in [0.5, 0.6) is 0 Å². The number of imidazole rings is 1. The Kier molecular flexibility index (Phi) is 4.75. The zero-order valence-corrected chi connectivity index (χ0v) is 21.6. The van der Waals surface area contributed by atoms with Crippen molar-refractivity contribution in [3.63, 3.8) is 0 Å². The van der Waals surface area contributed by atoms with Crippen LogP contribution in [0.2, 0.25) is 5.02 Å². The summed E-state index contributed by atoms with van der Waals surface area (Å²) in [6.07, 6.45) is 6.35. The predicted molar refractivity (Wildman–Crippen MR) is 148 cm³/mol. The first-order chi connectivity index (χ1) is 19.0. The third-order valence-electron chi connectivity index (χ3n) is 8.17. The summed E-state index contributed by atoms with van der Waals surface area (Å²) in [5.41, 5.74) is 8.83. The van der Waals surface area contributed by atoms with Gasteiger partial charge in [0.1, 0.15) is 12.2 Å². The summed E-state index contributed by atoms with van der Waals surface area (Å²) in [6, 6.07) is 15.6. The highest BCUT2D eigenvalue weighted by molar-refractivity contribution is 6.31. The van der Waals surface area contributed by atoms with Crippen molar-refractivity contribution in [3.05, 3.63) is 106 Å². The largest absolute Gasteiger partial charge is 0.359 e. The lowest BCUT2D eigenvalue weighted by atomic mass is 9.98. The number of aromatic amines is 1. The van der Waals surface area contributed by atoms with Gasteiger partial charge in [0, 0.05) is 39.6 Å². The van der Waals surface area contributed by atoms with Gasteiger partial charge in [0.15, 0.2) is 0 Å². The summed E-state index contributed by atoms with van der Waals surface area (Å²) in [6.45, 7) is 4.05. The van der Waals surface area contributed by atoms with E-state index in [2.05, 4.69) is 56.7 Å². The lowest BCUT2D eigenvalue weighted by molar-refractivity contribution is 0.515. The Hall–Kier alpha value is -4.50. The molecule has 192 valence electrons. The number of rotatable bonds is 4. The summed E-state index contributed by atoms with van der Waals surface area (Å²) in [5.74, 6) is 1.51. The zero-order valence-electron chi connectivity index (χ0n) is 20.8. The normalized spacial score (nSPS) is 20.7. The highest BCUT2D eigenvalue weighted by Gasteiger charge is 2.54. The molecule has 0 spiro atoms. The molecule has 3 aliphatic rings. The van der Waals surface area contributed by atoms with E-state index in [1.807, 2.05) is 22.9 Å². The Balaban J connectivity index is 1.17. The number of anilines is 1. The molecule has 2 aliphatic heterocycles. The van der Waals surface area contributed by atoms with Crippen molar-refractivity contribution in [1.29, 1.82) is 0 Å². The number of aryl methyl sites for hydroxylation is 1. The van der Waals surface area contributed by atoms with Gasteiger partial charge in [-0.05, 0) is 88.7 Å². The number of hydrogen-bond acceptors (Lipinski definition) is 6. The van der Waals surface area contributed by atoms with Crippen molar-refractivity contribution < 1.29 is 0 Å². The van der Waals surface area contributed by atoms with E-state index < -0.39 is 0 Å². The first-order valence-electron chi connectivity index (χ1n) is 13.0. The van der Waals surface area contributed by atoms with E-state index in [1.165, 1.54) is 11.9 Å². The highest BCUT2D eigenvalue weighted by Crippen LogP contribution is 2.60. The van der Waals surface area contributed by atoms with Crippen molar-refractivity contribution in [3.8, 4) is 28.1 Å². The fourth-order valence-electron chi connectivity index (χ4n) is 6.23. The Morgan fingerprint density at radius 3 is 2.85 bits per heavy atom. The molecule has 0 amide bonds. The van der Waals surface area contributed by atoms with E-state index in [4.69, 9.17) is 16.6 Å². The van der Waals surface area contributed by atoms with Gasteiger partial charge in [0.05, 0.1) is 23.6 Å². The quantitative estimate of drug-likeness (QED) is 0.332. The van der Waals surface area contributed by atoms with E-state index in [-0.39, 0.29) is 11.6 Å². The van der Waals surface area contributed by atoms with Crippen LogP contribution in [-0.2, 0) is 6.42 Å². The van der Waals surface area contributed by atoms with Crippen LogP contribution < -0.4 is 10.9 Å². The van der Waals surface area contributed by atoms with Gasteiger partial charge in [0.2, 0.25) is 0 Å². The molecule has 9 nitrogen and oxygen atoms in total. The van der Waals surface area contributed by atoms with Crippen molar-refractivity contribution in [1.82, 2.24) is 34.7 Å². The van der Waals surface area contributed by atoms with Gasteiger partial charge in [-0.15, -0.1) is 5.10 Å². The Bertz CT molecular complexity index is 1850. The van der Waals surface area contributed by atoms with Crippen LogP contribution in [-0.4, -0.2) is 34.7 Å². The maximum absolute atomic E-state index is 13.6. The van der Waals surface area contributed by atoms with Crippen molar-refractivity contribution in [2.75, 3.05) is 5.32 Å². The number of halogens is 1. The molecule has 2 N–H and O–H groups in total. The fourth-order valence-corrected chi connectivity index (χ4v) is 6.40. The summed E-state index contributed by atoms with van der Waals surface area (Å²) >= 11 is 6.36. The smallest absolute Gasteiger partial charge is 0.252 e. The van der Waals surface area contributed by atoms with Gasteiger partial charge in [-0.3, -0.25) is 4.79 Å². The average Bonchev–Trinajstić information content (AvgIpc) is 3.28. The van der Waals surface area contributed by atoms with Crippen LogP contribution in [0.1, 0.15) is 41.9 Å². The minimum Gasteiger partial charge on any atom is -0.359 e. The molecular weight excluding hydrogens is 512 g/mol. The maximum atomic E-state index is 13.6. The number of nitrogens with one attached hydrogen (secondary N) is 2. The van der Waals surface area contributed by atoms with Crippen molar-refractivity contribution in [2.45, 2.75) is 31.2 Å². The summed E-state index contributed by atoms with van der Waals surface area (Å²) in [4.78, 5) is 21.9. The lowest BCUT2D eigenvalue weighted by Crippen LogP contribution is -2.26. The highest BCUT2D eigenvalue weighted by atomic mass is 35.5. The first kappa shape index (κ1) is 22.5. The number of benzene rings is 2. The van der Waals surface area contributed by atoms with Crippen molar-refractivity contribution >= 4 is 17.3 Å². The molecule has 3 aromatic heterocycles. The van der Waals surface area contributed by atoms with Crippen molar-refractivity contribution in [2.24, 2.45) is 5.92 Å². The van der Waals surface area contributed by atoms with Gasteiger partial charge in [-0.2, -0.15) is 4.68 Å². The first-order valence-corrected chi connectivity index (χ1v) is 13.3. The summed E-state index contributed by atoms with van der Waals surface area (Å²) in [5, 5.41) is 15.5. The lowest BCUT2D eigenvalue weighted by Gasteiger charge is -2.20. The van der Waals surface area contributed by atoms with Crippen LogP contribution in [0.4, 0.5) is 5.69 Å². The molecule has 3 unspecified atom stereocenters. The van der Waals surface area contributed by atoms with Gasteiger partial charge < -0.3 is 14.9 Å². The zero-order chi connectivity index (χ0) is 26.2. The third-order valence-corrected chi connectivity index (χ3v) is 8.40. The molecule has 8 rings (SSSR count). The third kappa shape index (κ3) is 3.57. The molecule has 1 saturated carbocycles. The Labute approximate surface area is 228 Å². The van der Waals surface area contributed by atoms with E-state index in [0.29, 0.717) is 16.9 Å². The predicted octanol–water partition coefficient (Wildman–Crippen LogP) is 5.11. The van der Waals surface area contributed by atoms with Crippen LogP contribution in [0, 0.1) is 5.92 Å². The second-order valence-corrected chi connectivity index (χ2v) is 11.0. The number of allylic oxidation sites excluding steroid dienone is 1. The number of tetrazole rings is 1. The van der Waals surface area contributed by atoms with E-state index >= 15 is 0 Å². The molecule has 5 heterocycles. The molecule has 39 heavy (non-hydrogen) atoms. The Morgan fingerprint density at radius 1 is 1.05 bits per heavy atom. The molecule has 3 atom stereocenters. The topological polar surface area (TPSA) is 106 Å². The number of H-pyrrole nitrogens is 1. The number of aromatic nitrogens is 7. The SMILES string of the molecule is C=C1CCc2cc(-c3cnc(C4C5CC5c5cc(-c6cc(Cl)ccc6-n6cnnn6)cc(=O)n54)[nH]3)ccc2N1. The van der Waals surface area contributed by atoms with Gasteiger partial charge >= 0.3 is 0 Å². The second-order valence-electron chi connectivity index (χ2n) is 10.5. The Morgan fingerprint density at radius 2 is 1.97 bits per heavy atom. The number of hydrogen-bond donors (Lipinski definition) is 2. The van der Waals surface area contributed by atoms with Crippen LogP contribution in [0.15, 0.2) is 78.1 Å². The van der Waals surface area contributed by atoms with Crippen LogP contribution >= 0.6 is 11.6 Å². The molecule has 1 aliphatic carbocycles. The van der Waals surface area contributed by atoms with E-state index in [1.54, 1.807) is 16.8 Å². The van der Waals surface area contributed by atoms with Gasteiger partial charge in [0.25, 0.3) is 5.56 Å². The van der Waals surface area contributed by atoms with Crippen LogP contribution in [0.3, 0.4) is 0 Å². The summed E-state index contributed by atoms with van der Waals surface area (Å²) < 4.78 is 3.49. The minimum atomic E-state index is -0.110.